The van der Waals surface area contributed by atoms with Crippen molar-refractivity contribution >= 4 is 28.3 Å². The van der Waals surface area contributed by atoms with Gasteiger partial charge in [-0.05, 0) is 41.9 Å². The predicted octanol–water partition coefficient (Wildman–Crippen LogP) is 5.22. The summed E-state index contributed by atoms with van der Waals surface area (Å²) in [6.07, 6.45) is -4.48. The number of anilines is 1. The van der Waals surface area contributed by atoms with E-state index in [0.717, 1.165) is 35.2 Å². The number of aliphatic imine (C=N–C) groups is 1. The van der Waals surface area contributed by atoms with Crippen molar-refractivity contribution in [2.24, 2.45) is 4.99 Å². The summed E-state index contributed by atoms with van der Waals surface area (Å²) in [5, 5.41) is 8.35. The van der Waals surface area contributed by atoms with Crippen LogP contribution in [0.25, 0.3) is 0 Å². The van der Waals surface area contributed by atoms with Gasteiger partial charge in [0.1, 0.15) is 17.7 Å². The molecule has 0 aliphatic rings. The number of halogens is 6. The van der Waals surface area contributed by atoms with Crippen molar-refractivity contribution in [1.29, 1.82) is 5.26 Å². The zero-order valence-electron chi connectivity index (χ0n) is 12.6. The molecule has 130 valence electrons. The summed E-state index contributed by atoms with van der Waals surface area (Å²) >= 11 is 5.93. The molecule has 0 N–H and O–H groups in total. The molecule has 0 unspecified atom stereocenters. The molecule has 0 atom stereocenters. The van der Waals surface area contributed by atoms with Gasteiger partial charge >= 0.3 is 6.18 Å². The van der Waals surface area contributed by atoms with Crippen LogP contribution in [0.1, 0.15) is 11.1 Å². The molecule has 0 heterocycles. The second kappa shape index (κ2) is 7.07. The van der Waals surface area contributed by atoms with Crippen LogP contribution < -0.4 is 4.90 Å². The fraction of sp³-hybridized carbons (Fsp3) is 0.125. The molecule has 0 saturated heterocycles. The fourth-order valence-corrected chi connectivity index (χ4v) is 2.07. The van der Waals surface area contributed by atoms with E-state index in [4.69, 9.17) is 16.9 Å². The number of nitriles is 1. The first kappa shape index (κ1) is 18.7. The number of alkyl halides is 3. The Morgan fingerprint density at radius 1 is 1.12 bits per heavy atom. The summed E-state index contributed by atoms with van der Waals surface area (Å²) in [6.45, 7) is 0. The Labute approximate surface area is 144 Å². The largest absolute Gasteiger partial charge is 0.416 e. The van der Waals surface area contributed by atoms with Gasteiger partial charge in [-0.2, -0.15) is 18.4 Å². The summed E-state index contributed by atoms with van der Waals surface area (Å²) < 4.78 is 65.1. The molecule has 0 fully saturated rings. The van der Waals surface area contributed by atoms with E-state index in [1.54, 1.807) is 0 Å². The van der Waals surface area contributed by atoms with Gasteiger partial charge in [-0.15, -0.1) is 0 Å². The second-order valence-corrected chi connectivity index (χ2v) is 5.22. The highest BCUT2D eigenvalue weighted by molar-refractivity contribution is 6.68. The lowest BCUT2D eigenvalue weighted by atomic mass is 10.2. The van der Waals surface area contributed by atoms with Crippen molar-refractivity contribution in [3.05, 3.63) is 59.2 Å². The maximum atomic E-state index is 14.0. The second-order valence-electron chi connectivity index (χ2n) is 4.88. The molecule has 0 bridgehead atoms. The summed E-state index contributed by atoms with van der Waals surface area (Å²) in [5.41, 5.74) is -1.50. The molecule has 2 rings (SSSR count). The summed E-state index contributed by atoms with van der Waals surface area (Å²) in [4.78, 5) is 4.86. The lowest BCUT2D eigenvalue weighted by Crippen LogP contribution is -2.22. The van der Waals surface area contributed by atoms with E-state index in [2.05, 4.69) is 4.99 Å². The van der Waals surface area contributed by atoms with Gasteiger partial charge in [0, 0.05) is 13.1 Å². The van der Waals surface area contributed by atoms with Gasteiger partial charge in [0.05, 0.1) is 22.5 Å². The van der Waals surface area contributed by atoms with Gasteiger partial charge in [-0.1, -0.05) is 0 Å². The monoisotopic (exact) mass is 373 g/mol. The van der Waals surface area contributed by atoms with Crippen LogP contribution in [0.15, 0.2) is 41.4 Å². The normalized spacial score (nSPS) is 12.0. The third-order valence-corrected chi connectivity index (χ3v) is 3.55. The van der Waals surface area contributed by atoms with E-state index in [1.165, 1.54) is 13.1 Å². The van der Waals surface area contributed by atoms with Crippen LogP contribution >= 0.6 is 11.6 Å². The Hall–Kier alpha value is -2.66. The molecule has 2 aromatic carbocycles. The van der Waals surface area contributed by atoms with E-state index in [1.807, 2.05) is 0 Å². The highest BCUT2D eigenvalue weighted by Crippen LogP contribution is 2.31. The zero-order valence-corrected chi connectivity index (χ0v) is 13.3. The van der Waals surface area contributed by atoms with Crippen molar-refractivity contribution in [2.75, 3.05) is 11.9 Å². The molecule has 2 aromatic rings. The van der Waals surface area contributed by atoms with Crippen LogP contribution in [-0.2, 0) is 6.18 Å². The number of hydrogen-bond donors (Lipinski definition) is 0. The topological polar surface area (TPSA) is 39.4 Å². The van der Waals surface area contributed by atoms with Crippen LogP contribution in [0.2, 0.25) is 0 Å². The van der Waals surface area contributed by atoms with E-state index in [-0.39, 0.29) is 16.7 Å². The zero-order chi connectivity index (χ0) is 18.8. The lowest BCUT2D eigenvalue weighted by Gasteiger charge is -2.18. The third-order valence-electron chi connectivity index (χ3n) is 3.21. The Bertz CT molecular complexity index is 854. The van der Waals surface area contributed by atoms with Crippen molar-refractivity contribution in [1.82, 2.24) is 0 Å². The molecular formula is C16H9ClF5N3. The summed E-state index contributed by atoms with van der Waals surface area (Å²) in [6, 6.07) is 6.82. The van der Waals surface area contributed by atoms with Crippen LogP contribution in [0.4, 0.5) is 33.3 Å². The van der Waals surface area contributed by atoms with Crippen molar-refractivity contribution in [2.45, 2.75) is 6.18 Å². The van der Waals surface area contributed by atoms with E-state index in [0.29, 0.717) is 6.07 Å². The fourth-order valence-electron chi connectivity index (χ4n) is 1.88. The molecule has 3 nitrogen and oxygen atoms in total. The van der Waals surface area contributed by atoms with E-state index >= 15 is 0 Å². The standard InChI is InChI=1S/C16H9ClF5N3/c1-25(14-7-12(18)9(8-23)6-13(14)19)15(17)24-11-4-2-10(3-5-11)16(20,21)22/h2-7H,1H3. The lowest BCUT2D eigenvalue weighted by molar-refractivity contribution is -0.137. The highest BCUT2D eigenvalue weighted by atomic mass is 35.5. The predicted molar refractivity (Wildman–Crippen MR) is 83.9 cm³/mol. The number of rotatable bonds is 2. The molecule has 9 heteroatoms. The van der Waals surface area contributed by atoms with Crippen LogP contribution in [0, 0.1) is 23.0 Å². The quantitative estimate of drug-likeness (QED) is 0.313. The minimum Gasteiger partial charge on any atom is -0.317 e. The first-order valence-electron chi connectivity index (χ1n) is 6.68. The van der Waals surface area contributed by atoms with Gasteiger partial charge < -0.3 is 4.90 Å². The Balaban J connectivity index is 2.31. The molecule has 0 amide bonds. The first-order chi connectivity index (χ1) is 11.6. The summed E-state index contributed by atoms with van der Waals surface area (Å²) in [5.74, 6) is -1.84. The number of benzene rings is 2. The highest BCUT2D eigenvalue weighted by Gasteiger charge is 2.30. The first-order valence-corrected chi connectivity index (χ1v) is 7.05. The van der Waals surface area contributed by atoms with E-state index in [9.17, 15) is 22.0 Å². The van der Waals surface area contributed by atoms with Gasteiger partial charge in [0.25, 0.3) is 0 Å². The Morgan fingerprint density at radius 2 is 1.72 bits per heavy atom. The maximum absolute atomic E-state index is 14.0. The maximum Gasteiger partial charge on any atom is 0.416 e. The SMILES string of the molecule is CN(C(Cl)=Nc1ccc(C(F)(F)F)cc1)c1cc(F)c(C#N)cc1F. The smallest absolute Gasteiger partial charge is 0.317 e. The van der Waals surface area contributed by atoms with Gasteiger partial charge in [-0.25, -0.2) is 13.8 Å². The Morgan fingerprint density at radius 3 is 2.24 bits per heavy atom. The van der Waals surface area contributed by atoms with E-state index < -0.39 is 28.9 Å². The molecule has 0 radical (unpaired) electrons. The minimum absolute atomic E-state index is 0.0966. The number of hydrogen-bond acceptors (Lipinski definition) is 2. The van der Waals surface area contributed by atoms with Gasteiger partial charge in [-0.3, -0.25) is 0 Å². The summed E-state index contributed by atoms with van der Waals surface area (Å²) in [7, 11) is 1.29. The third kappa shape index (κ3) is 4.25. The van der Waals surface area contributed by atoms with Crippen molar-refractivity contribution in [3.63, 3.8) is 0 Å². The number of nitrogens with zero attached hydrogens (tertiary/aromatic N) is 3. The van der Waals surface area contributed by atoms with Crippen LogP contribution in [0.5, 0.6) is 0 Å². The van der Waals surface area contributed by atoms with Gasteiger partial charge in [0.15, 0.2) is 0 Å². The number of amidine groups is 1. The van der Waals surface area contributed by atoms with Crippen molar-refractivity contribution in [3.8, 4) is 6.07 Å². The van der Waals surface area contributed by atoms with Crippen LogP contribution in [-0.4, -0.2) is 12.3 Å². The molecule has 0 saturated carbocycles. The molecule has 0 aromatic heterocycles. The van der Waals surface area contributed by atoms with Crippen molar-refractivity contribution < 1.29 is 22.0 Å². The molecule has 0 aliphatic heterocycles. The minimum atomic E-state index is -4.48. The molecular weight excluding hydrogens is 365 g/mol. The molecule has 0 spiro atoms. The average Bonchev–Trinajstić information content (AvgIpc) is 2.55. The molecule has 0 aliphatic carbocycles. The Kier molecular flexibility index (Phi) is 5.28. The molecule has 25 heavy (non-hydrogen) atoms. The van der Waals surface area contributed by atoms with Crippen LogP contribution in [0.3, 0.4) is 0 Å². The van der Waals surface area contributed by atoms with Gasteiger partial charge in [0.2, 0.25) is 5.29 Å². The average molecular weight is 374 g/mol.